The summed E-state index contributed by atoms with van der Waals surface area (Å²) in [5.41, 5.74) is 14.6. The highest BCUT2D eigenvalue weighted by molar-refractivity contribution is 6.05. The number of aromatic nitrogens is 4. The van der Waals surface area contributed by atoms with Gasteiger partial charge in [-0.05, 0) is 37.3 Å². The number of aliphatic imine (C=N–C) groups is 1. The fourth-order valence-corrected chi connectivity index (χ4v) is 4.27. The van der Waals surface area contributed by atoms with E-state index in [2.05, 4.69) is 43.7 Å². The van der Waals surface area contributed by atoms with Crippen molar-refractivity contribution >= 4 is 23.5 Å². The van der Waals surface area contributed by atoms with Gasteiger partial charge in [-0.3, -0.25) is 4.79 Å². The topological polar surface area (TPSA) is 136 Å². The van der Waals surface area contributed by atoms with Crippen molar-refractivity contribution in [2.24, 2.45) is 10.7 Å². The van der Waals surface area contributed by atoms with Gasteiger partial charge in [0.25, 0.3) is 5.91 Å². The molecule has 0 unspecified atom stereocenters. The van der Waals surface area contributed by atoms with Gasteiger partial charge in [0.05, 0.1) is 17.8 Å². The molecule has 2 heterocycles. The summed E-state index contributed by atoms with van der Waals surface area (Å²) in [5.74, 6) is 0.835. The lowest BCUT2D eigenvalue weighted by atomic mass is 9.63. The van der Waals surface area contributed by atoms with E-state index in [9.17, 15) is 4.79 Å². The second kappa shape index (κ2) is 9.94. The maximum Gasteiger partial charge on any atom is 0.298 e. The van der Waals surface area contributed by atoms with Crippen LogP contribution in [0.4, 0.5) is 11.8 Å². The van der Waals surface area contributed by atoms with Gasteiger partial charge < -0.3 is 16.4 Å². The molecule has 0 radical (unpaired) electrons. The quantitative estimate of drug-likeness (QED) is 0.387. The van der Waals surface area contributed by atoms with Crippen LogP contribution < -0.4 is 16.4 Å². The maximum absolute atomic E-state index is 12.8. The summed E-state index contributed by atoms with van der Waals surface area (Å²) in [4.78, 5) is 36.0. The summed E-state index contributed by atoms with van der Waals surface area (Å²) in [6.45, 7) is 5.89. The summed E-state index contributed by atoms with van der Waals surface area (Å²) in [7, 11) is 0. The molecule has 34 heavy (non-hydrogen) atoms. The average Bonchev–Trinajstić information content (AvgIpc) is 2.83. The molecule has 1 aliphatic carbocycles. The van der Waals surface area contributed by atoms with E-state index in [0.29, 0.717) is 5.84 Å². The highest BCUT2D eigenvalue weighted by Crippen LogP contribution is 2.44. The molecule has 4 N–H and O–H groups in total. The van der Waals surface area contributed by atoms with E-state index < -0.39 is 11.3 Å². The van der Waals surface area contributed by atoms with Gasteiger partial charge in [0.15, 0.2) is 0 Å². The Morgan fingerprint density at radius 1 is 1.00 bits per heavy atom. The summed E-state index contributed by atoms with van der Waals surface area (Å²) in [5, 5.41) is 0. The number of nitrogens with two attached hydrogens (primary N) is 2. The van der Waals surface area contributed by atoms with Gasteiger partial charge >= 0.3 is 0 Å². The van der Waals surface area contributed by atoms with Crippen molar-refractivity contribution < 1.29 is 4.79 Å². The Labute approximate surface area is 199 Å². The van der Waals surface area contributed by atoms with Crippen molar-refractivity contribution in [2.75, 3.05) is 23.7 Å². The van der Waals surface area contributed by atoms with E-state index in [1.54, 1.807) is 18.6 Å². The lowest BCUT2D eigenvalue weighted by Gasteiger charge is -2.41. The van der Waals surface area contributed by atoms with Crippen LogP contribution in [0.25, 0.3) is 11.1 Å². The molecule has 0 spiro atoms. The lowest BCUT2D eigenvalue weighted by molar-refractivity contribution is 0.0996. The zero-order chi connectivity index (χ0) is 24.1. The van der Waals surface area contributed by atoms with E-state index in [0.717, 1.165) is 61.3 Å². The first-order valence-electron chi connectivity index (χ1n) is 11.6. The molecule has 4 rings (SSSR count). The van der Waals surface area contributed by atoms with Gasteiger partial charge in [-0.15, -0.1) is 0 Å². The minimum absolute atomic E-state index is 0.187. The van der Waals surface area contributed by atoms with E-state index >= 15 is 0 Å². The van der Waals surface area contributed by atoms with Crippen LogP contribution in [-0.2, 0) is 5.41 Å². The number of anilines is 2. The molecular weight excluding hydrogens is 428 g/mol. The predicted octanol–water partition coefficient (Wildman–Crippen LogP) is 3.37. The van der Waals surface area contributed by atoms with Crippen molar-refractivity contribution in [1.29, 1.82) is 0 Å². The molecule has 9 nitrogen and oxygen atoms in total. The van der Waals surface area contributed by atoms with Crippen LogP contribution in [0.3, 0.4) is 0 Å². The smallest absolute Gasteiger partial charge is 0.298 e. The van der Waals surface area contributed by atoms with E-state index in [1.807, 2.05) is 24.3 Å². The molecule has 1 fully saturated rings. The Balaban J connectivity index is 1.53. The highest BCUT2D eigenvalue weighted by atomic mass is 16.1. The van der Waals surface area contributed by atoms with Gasteiger partial charge in [0, 0.05) is 31.0 Å². The van der Waals surface area contributed by atoms with Crippen LogP contribution in [0.2, 0.25) is 0 Å². The van der Waals surface area contributed by atoms with Crippen molar-refractivity contribution in [3.63, 3.8) is 0 Å². The minimum Gasteiger partial charge on any atom is -0.386 e. The molecular formula is C25H30N8O. The van der Waals surface area contributed by atoms with Crippen LogP contribution in [0, 0.1) is 0 Å². The van der Waals surface area contributed by atoms with Crippen molar-refractivity contribution in [3.8, 4) is 11.1 Å². The van der Waals surface area contributed by atoms with Crippen LogP contribution >= 0.6 is 0 Å². The third kappa shape index (κ3) is 4.59. The maximum atomic E-state index is 12.8. The molecule has 3 aromatic rings. The van der Waals surface area contributed by atoms with Crippen LogP contribution in [0.1, 0.15) is 55.6 Å². The second-order valence-electron chi connectivity index (χ2n) is 8.48. The molecule has 9 heteroatoms. The van der Waals surface area contributed by atoms with Crippen molar-refractivity contribution in [1.82, 2.24) is 19.9 Å². The number of rotatable bonds is 8. The first-order chi connectivity index (χ1) is 16.5. The van der Waals surface area contributed by atoms with Gasteiger partial charge in [0.2, 0.25) is 5.95 Å². The summed E-state index contributed by atoms with van der Waals surface area (Å²) >= 11 is 0. The van der Waals surface area contributed by atoms with E-state index in [-0.39, 0.29) is 11.6 Å². The third-order valence-corrected chi connectivity index (χ3v) is 6.42. The fraction of sp³-hybridized carbons (Fsp3) is 0.360. The Morgan fingerprint density at radius 3 is 2.24 bits per heavy atom. The number of nitrogen functional groups attached to an aromatic ring is 1. The second-order valence-corrected chi connectivity index (χ2v) is 8.48. The van der Waals surface area contributed by atoms with Gasteiger partial charge in [-0.1, -0.05) is 37.6 Å². The molecule has 1 saturated carbocycles. The largest absolute Gasteiger partial charge is 0.386 e. The summed E-state index contributed by atoms with van der Waals surface area (Å²) in [6.07, 6.45) is 10.2. The van der Waals surface area contributed by atoms with Crippen LogP contribution in [-0.4, -0.2) is 44.8 Å². The molecule has 0 aliphatic heterocycles. The Kier molecular flexibility index (Phi) is 6.81. The summed E-state index contributed by atoms with van der Waals surface area (Å²) < 4.78 is 0. The molecule has 0 bridgehead atoms. The van der Waals surface area contributed by atoms with Crippen molar-refractivity contribution in [2.45, 2.75) is 44.9 Å². The SMILES string of the molecule is CCCN(CC)c1cnc(C(=O)N=C(N)C2(c3ccc(-c4cnc(N)nc4)cc3)CCC2)cn1. The summed E-state index contributed by atoms with van der Waals surface area (Å²) in [6, 6.07) is 8.05. The predicted molar refractivity (Wildman–Crippen MR) is 134 cm³/mol. The first kappa shape index (κ1) is 23.3. The molecule has 1 amide bonds. The standard InChI is InChI=1S/C25H30N8O/c1-3-12-33(4-2)21-16-28-20(15-29-21)22(34)32-23(26)25(10-5-11-25)19-8-6-17(7-9-19)18-13-30-24(27)31-14-18/h6-9,13-16H,3-5,10-12H2,1-2H3,(H2,26,32,34)(H2,27,30,31). The fourth-order valence-electron chi connectivity index (χ4n) is 4.27. The minimum atomic E-state index is -0.475. The number of carbonyl (C=O) groups is 1. The van der Waals surface area contributed by atoms with Crippen molar-refractivity contribution in [3.05, 3.63) is 60.3 Å². The van der Waals surface area contributed by atoms with Gasteiger partial charge in [-0.2, -0.15) is 4.99 Å². The Hall–Kier alpha value is -3.88. The number of nitrogens with zero attached hydrogens (tertiary/aromatic N) is 6. The Morgan fingerprint density at radius 2 is 1.71 bits per heavy atom. The third-order valence-electron chi connectivity index (χ3n) is 6.42. The van der Waals surface area contributed by atoms with E-state index in [4.69, 9.17) is 11.5 Å². The van der Waals surface area contributed by atoms with Gasteiger partial charge in [-0.25, -0.2) is 19.9 Å². The zero-order valence-corrected chi connectivity index (χ0v) is 19.6. The number of hydrogen-bond acceptors (Lipinski definition) is 7. The van der Waals surface area contributed by atoms with Crippen LogP contribution in [0.5, 0.6) is 0 Å². The normalized spacial score (nSPS) is 14.9. The number of carbonyl (C=O) groups excluding carboxylic acids is 1. The average molecular weight is 459 g/mol. The molecule has 176 valence electrons. The number of amides is 1. The molecule has 2 aromatic heterocycles. The monoisotopic (exact) mass is 458 g/mol. The number of hydrogen-bond donors (Lipinski definition) is 2. The number of amidine groups is 1. The number of benzene rings is 1. The van der Waals surface area contributed by atoms with E-state index in [1.165, 1.54) is 6.20 Å². The Bertz CT molecular complexity index is 1150. The zero-order valence-electron chi connectivity index (χ0n) is 19.6. The molecule has 0 atom stereocenters. The van der Waals surface area contributed by atoms with Gasteiger partial charge in [0.1, 0.15) is 17.3 Å². The molecule has 1 aliphatic rings. The lowest BCUT2D eigenvalue weighted by Crippen LogP contribution is -2.47. The van der Waals surface area contributed by atoms with Crippen LogP contribution in [0.15, 0.2) is 54.0 Å². The highest BCUT2D eigenvalue weighted by Gasteiger charge is 2.43. The molecule has 1 aromatic carbocycles. The first-order valence-corrected chi connectivity index (χ1v) is 11.6. The molecule has 0 saturated heterocycles.